The topological polar surface area (TPSA) is 76.9 Å². The second kappa shape index (κ2) is 6.50. The van der Waals surface area contributed by atoms with Crippen LogP contribution in [0.5, 0.6) is 0 Å². The minimum Gasteiger partial charge on any atom is -0.314 e. The Labute approximate surface area is 138 Å². The van der Waals surface area contributed by atoms with Crippen molar-refractivity contribution in [3.8, 4) is 5.69 Å². The van der Waals surface area contributed by atoms with Gasteiger partial charge in [-0.05, 0) is 31.3 Å². The number of aromatic nitrogens is 3. The zero-order chi connectivity index (χ0) is 17.2. The van der Waals surface area contributed by atoms with E-state index >= 15 is 0 Å². The van der Waals surface area contributed by atoms with E-state index < -0.39 is 15.7 Å². The van der Waals surface area contributed by atoms with Crippen molar-refractivity contribution in [2.75, 3.05) is 7.05 Å². The normalized spacial score (nSPS) is 11.6. The summed E-state index contributed by atoms with van der Waals surface area (Å²) in [6, 6.07) is 10.3. The van der Waals surface area contributed by atoms with E-state index in [1.807, 2.05) is 0 Å². The third-order valence-corrected chi connectivity index (χ3v) is 5.09. The van der Waals surface area contributed by atoms with E-state index in [-0.39, 0.29) is 15.6 Å². The SMILES string of the molecule is CNCc1cc(S(=O)(=O)c2cccnc2)n(-c2ccccc2F)n1. The molecule has 0 saturated carbocycles. The largest absolute Gasteiger partial charge is 0.314 e. The molecule has 0 bridgehead atoms. The molecular weight excluding hydrogens is 331 g/mol. The Balaban J connectivity index is 2.23. The van der Waals surface area contributed by atoms with Gasteiger partial charge in [-0.25, -0.2) is 17.5 Å². The number of nitrogens with one attached hydrogen (secondary N) is 1. The van der Waals surface area contributed by atoms with Crippen molar-refractivity contribution in [3.05, 3.63) is 66.4 Å². The van der Waals surface area contributed by atoms with E-state index in [1.165, 1.54) is 48.8 Å². The molecule has 0 fully saturated rings. The molecule has 1 aromatic carbocycles. The average Bonchev–Trinajstić information content (AvgIpc) is 3.01. The molecule has 0 saturated heterocycles. The number of halogens is 1. The van der Waals surface area contributed by atoms with Gasteiger partial charge in [0.15, 0.2) is 5.03 Å². The number of hydrogen-bond donors (Lipinski definition) is 1. The monoisotopic (exact) mass is 346 g/mol. The van der Waals surface area contributed by atoms with Crippen LogP contribution in [0.1, 0.15) is 5.69 Å². The van der Waals surface area contributed by atoms with Crippen LogP contribution in [-0.2, 0) is 16.4 Å². The Morgan fingerprint density at radius 2 is 2.00 bits per heavy atom. The Hall–Kier alpha value is -2.58. The van der Waals surface area contributed by atoms with Crippen LogP contribution < -0.4 is 5.32 Å². The molecule has 8 heteroatoms. The van der Waals surface area contributed by atoms with Crippen molar-refractivity contribution in [2.24, 2.45) is 0 Å². The third kappa shape index (κ3) is 2.93. The van der Waals surface area contributed by atoms with Gasteiger partial charge in [0, 0.05) is 25.0 Å². The Morgan fingerprint density at radius 3 is 2.67 bits per heavy atom. The van der Waals surface area contributed by atoms with Crippen molar-refractivity contribution >= 4 is 9.84 Å². The lowest BCUT2D eigenvalue weighted by Crippen LogP contribution is -2.11. The van der Waals surface area contributed by atoms with Crippen LogP contribution in [0.3, 0.4) is 0 Å². The predicted octanol–water partition coefficient (Wildman–Crippen LogP) is 1.96. The van der Waals surface area contributed by atoms with Gasteiger partial charge in [-0.3, -0.25) is 4.98 Å². The van der Waals surface area contributed by atoms with E-state index in [9.17, 15) is 12.8 Å². The highest BCUT2D eigenvalue weighted by Crippen LogP contribution is 2.25. The molecule has 3 aromatic rings. The van der Waals surface area contributed by atoms with Crippen LogP contribution in [0, 0.1) is 5.82 Å². The van der Waals surface area contributed by atoms with Gasteiger partial charge in [0.25, 0.3) is 0 Å². The summed E-state index contributed by atoms with van der Waals surface area (Å²) >= 11 is 0. The lowest BCUT2D eigenvalue weighted by Gasteiger charge is -2.09. The number of pyridine rings is 1. The number of sulfone groups is 1. The summed E-state index contributed by atoms with van der Waals surface area (Å²) in [5, 5.41) is 7.04. The lowest BCUT2D eigenvalue weighted by molar-refractivity contribution is 0.575. The highest BCUT2D eigenvalue weighted by Gasteiger charge is 2.26. The van der Waals surface area contributed by atoms with Crippen LogP contribution in [-0.4, -0.2) is 30.2 Å². The minimum absolute atomic E-state index is 0.0264. The summed E-state index contributed by atoms with van der Waals surface area (Å²) in [4.78, 5) is 3.87. The third-order valence-electron chi connectivity index (χ3n) is 3.39. The Morgan fingerprint density at radius 1 is 1.21 bits per heavy atom. The number of hydrogen-bond acceptors (Lipinski definition) is 5. The molecule has 6 nitrogen and oxygen atoms in total. The van der Waals surface area contributed by atoms with Gasteiger partial charge >= 0.3 is 0 Å². The molecular formula is C16H15FN4O2S. The van der Waals surface area contributed by atoms with Gasteiger partial charge in [-0.1, -0.05) is 12.1 Å². The molecule has 124 valence electrons. The maximum Gasteiger partial charge on any atom is 0.225 e. The minimum atomic E-state index is -3.89. The van der Waals surface area contributed by atoms with Crippen molar-refractivity contribution in [1.82, 2.24) is 20.1 Å². The standard InChI is InChI=1S/C16H15FN4O2S/c1-18-10-12-9-16(24(22,23)13-5-4-8-19-11-13)21(20-12)15-7-3-2-6-14(15)17/h2-9,11,18H,10H2,1H3. The maximum absolute atomic E-state index is 14.2. The average molecular weight is 346 g/mol. The summed E-state index contributed by atoms with van der Waals surface area (Å²) in [6.45, 7) is 0.358. The summed E-state index contributed by atoms with van der Waals surface area (Å²) in [5.74, 6) is -0.556. The van der Waals surface area contributed by atoms with Gasteiger partial charge in [0.05, 0.1) is 10.6 Å². The highest BCUT2D eigenvalue weighted by atomic mass is 32.2. The molecule has 0 unspecified atom stereocenters. The zero-order valence-electron chi connectivity index (χ0n) is 12.8. The van der Waals surface area contributed by atoms with Crippen LogP contribution in [0.15, 0.2) is 64.8 Å². The molecule has 0 radical (unpaired) electrons. The van der Waals surface area contributed by atoms with Gasteiger partial charge in [0.1, 0.15) is 11.5 Å². The molecule has 0 aliphatic rings. The highest BCUT2D eigenvalue weighted by molar-refractivity contribution is 7.91. The first kappa shape index (κ1) is 16.3. The quantitative estimate of drug-likeness (QED) is 0.764. The summed E-state index contributed by atoms with van der Waals surface area (Å²) in [5.41, 5.74) is 0.561. The van der Waals surface area contributed by atoms with Gasteiger partial charge in [-0.15, -0.1) is 0 Å². The summed E-state index contributed by atoms with van der Waals surface area (Å²) < 4.78 is 41.1. The number of para-hydroxylation sites is 1. The molecule has 0 aliphatic heterocycles. The Bertz CT molecular complexity index is 955. The fourth-order valence-corrected chi connectivity index (χ4v) is 3.65. The van der Waals surface area contributed by atoms with E-state index in [2.05, 4.69) is 15.4 Å². The number of nitrogens with zero attached hydrogens (tertiary/aromatic N) is 3. The van der Waals surface area contributed by atoms with Crippen LogP contribution in [0.2, 0.25) is 0 Å². The van der Waals surface area contributed by atoms with E-state index in [4.69, 9.17) is 0 Å². The van der Waals surface area contributed by atoms with E-state index in [1.54, 1.807) is 13.1 Å². The molecule has 1 N–H and O–H groups in total. The fraction of sp³-hybridized carbons (Fsp3) is 0.125. The maximum atomic E-state index is 14.2. The van der Waals surface area contributed by atoms with Crippen molar-refractivity contribution < 1.29 is 12.8 Å². The number of benzene rings is 1. The van der Waals surface area contributed by atoms with Crippen LogP contribution in [0.4, 0.5) is 4.39 Å². The van der Waals surface area contributed by atoms with Gasteiger partial charge in [-0.2, -0.15) is 5.10 Å². The first-order chi connectivity index (χ1) is 11.5. The molecule has 0 amide bonds. The molecule has 3 rings (SSSR count). The second-order valence-electron chi connectivity index (χ2n) is 5.06. The van der Waals surface area contributed by atoms with Gasteiger partial charge in [0.2, 0.25) is 9.84 Å². The first-order valence-corrected chi connectivity index (χ1v) is 8.66. The number of rotatable bonds is 5. The second-order valence-corrected chi connectivity index (χ2v) is 6.96. The molecule has 24 heavy (non-hydrogen) atoms. The molecule has 2 heterocycles. The summed E-state index contributed by atoms with van der Waals surface area (Å²) in [7, 11) is -2.17. The van der Waals surface area contributed by atoms with Crippen molar-refractivity contribution in [1.29, 1.82) is 0 Å². The van der Waals surface area contributed by atoms with Crippen LogP contribution >= 0.6 is 0 Å². The van der Waals surface area contributed by atoms with Crippen molar-refractivity contribution in [3.63, 3.8) is 0 Å². The van der Waals surface area contributed by atoms with E-state index in [0.717, 1.165) is 4.68 Å². The lowest BCUT2D eigenvalue weighted by atomic mass is 10.3. The van der Waals surface area contributed by atoms with Crippen LogP contribution in [0.25, 0.3) is 5.69 Å². The zero-order valence-corrected chi connectivity index (χ0v) is 13.7. The van der Waals surface area contributed by atoms with E-state index in [0.29, 0.717) is 12.2 Å². The fourth-order valence-electron chi connectivity index (χ4n) is 2.29. The first-order valence-electron chi connectivity index (χ1n) is 7.17. The summed E-state index contributed by atoms with van der Waals surface area (Å²) in [6.07, 6.45) is 2.74. The predicted molar refractivity (Wildman–Crippen MR) is 86.0 cm³/mol. The van der Waals surface area contributed by atoms with Gasteiger partial charge < -0.3 is 5.32 Å². The smallest absolute Gasteiger partial charge is 0.225 e. The molecule has 2 aromatic heterocycles. The molecule has 0 spiro atoms. The van der Waals surface area contributed by atoms with Crippen molar-refractivity contribution in [2.45, 2.75) is 16.5 Å². The Kier molecular flexibility index (Phi) is 4.41. The molecule has 0 atom stereocenters. The molecule has 0 aliphatic carbocycles.